The number of para-hydroxylation sites is 1. The summed E-state index contributed by atoms with van der Waals surface area (Å²) in [5.74, 6) is -0.130. The van der Waals surface area contributed by atoms with Crippen molar-refractivity contribution in [3.8, 4) is 0 Å². The van der Waals surface area contributed by atoms with E-state index in [1.54, 1.807) is 23.9 Å². The van der Waals surface area contributed by atoms with Crippen LogP contribution in [0.2, 0.25) is 0 Å². The van der Waals surface area contributed by atoms with E-state index in [-0.39, 0.29) is 30.6 Å². The van der Waals surface area contributed by atoms with E-state index < -0.39 is 11.8 Å². The normalized spacial score (nSPS) is 19.2. The number of nitrogens with one attached hydrogen (secondary N) is 1. The van der Waals surface area contributed by atoms with Crippen LogP contribution in [-0.2, 0) is 9.59 Å². The smallest absolute Gasteiger partial charge is 0.304 e. The van der Waals surface area contributed by atoms with Crippen molar-refractivity contribution in [2.75, 3.05) is 29.9 Å². The van der Waals surface area contributed by atoms with Crippen molar-refractivity contribution >= 4 is 29.3 Å². The number of carboxylic acids is 1. The molecule has 2 rings (SSSR count). The lowest BCUT2D eigenvalue weighted by Crippen LogP contribution is -2.47. The van der Waals surface area contributed by atoms with Gasteiger partial charge in [0.2, 0.25) is 5.91 Å². The van der Waals surface area contributed by atoms with Crippen LogP contribution >= 0.6 is 11.8 Å². The zero-order valence-electron chi connectivity index (χ0n) is 11.4. The molecular weight excluding hydrogens is 295 g/mol. The standard InChI is InChI=1S/C14H17FN2O3S/c15-11-3-1-2-4-12(11)16-13(18)8-17-5-6-21-9-10(17)7-14(19)20/h1-4,10H,5-9H2,(H,16,18)(H,19,20). The summed E-state index contributed by atoms with van der Waals surface area (Å²) >= 11 is 1.69. The van der Waals surface area contributed by atoms with Crippen LogP contribution in [0.1, 0.15) is 6.42 Å². The number of carbonyl (C=O) groups is 2. The number of rotatable bonds is 5. The highest BCUT2D eigenvalue weighted by Gasteiger charge is 2.26. The molecule has 1 aliphatic rings. The van der Waals surface area contributed by atoms with Crippen molar-refractivity contribution in [2.24, 2.45) is 0 Å². The van der Waals surface area contributed by atoms with E-state index in [0.717, 1.165) is 5.75 Å². The molecule has 1 amide bonds. The highest BCUT2D eigenvalue weighted by molar-refractivity contribution is 7.99. The van der Waals surface area contributed by atoms with Crippen LogP contribution in [0.5, 0.6) is 0 Å². The number of halogens is 1. The first-order chi connectivity index (χ1) is 10.1. The average molecular weight is 312 g/mol. The number of aliphatic carboxylic acids is 1. The van der Waals surface area contributed by atoms with Gasteiger partial charge in [-0.25, -0.2) is 4.39 Å². The number of anilines is 1. The molecular formula is C14H17FN2O3S. The molecule has 21 heavy (non-hydrogen) atoms. The van der Waals surface area contributed by atoms with Gasteiger partial charge < -0.3 is 10.4 Å². The lowest BCUT2D eigenvalue weighted by molar-refractivity contribution is -0.138. The van der Waals surface area contributed by atoms with Crippen LogP contribution in [0.25, 0.3) is 0 Å². The Morgan fingerprint density at radius 2 is 2.19 bits per heavy atom. The van der Waals surface area contributed by atoms with Crippen LogP contribution in [0.4, 0.5) is 10.1 Å². The number of carboxylic acid groups (broad SMARTS) is 1. The van der Waals surface area contributed by atoms with E-state index in [1.165, 1.54) is 12.1 Å². The molecule has 5 nitrogen and oxygen atoms in total. The van der Waals surface area contributed by atoms with Crippen molar-refractivity contribution in [1.29, 1.82) is 0 Å². The number of benzene rings is 1. The first kappa shape index (κ1) is 15.8. The molecule has 1 heterocycles. The van der Waals surface area contributed by atoms with E-state index in [2.05, 4.69) is 5.32 Å². The number of thioether (sulfide) groups is 1. The summed E-state index contributed by atoms with van der Waals surface area (Å²) < 4.78 is 13.5. The quantitative estimate of drug-likeness (QED) is 0.865. The summed E-state index contributed by atoms with van der Waals surface area (Å²) in [6.45, 7) is 0.736. The van der Waals surface area contributed by atoms with E-state index in [9.17, 15) is 14.0 Å². The van der Waals surface area contributed by atoms with Crippen molar-refractivity contribution in [3.05, 3.63) is 30.1 Å². The molecule has 1 saturated heterocycles. The van der Waals surface area contributed by atoms with E-state index in [1.807, 2.05) is 4.90 Å². The summed E-state index contributed by atoms with van der Waals surface area (Å²) in [6, 6.07) is 5.81. The maximum Gasteiger partial charge on any atom is 0.304 e. The number of carbonyl (C=O) groups excluding carboxylic acids is 1. The molecule has 1 fully saturated rings. The number of hydrogen-bond acceptors (Lipinski definition) is 4. The van der Waals surface area contributed by atoms with Crippen LogP contribution in [0.3, 0.4) is 0 Å². The van der Waals surface area contributed by atoms with E-state index in [0.29, 0.717) is 12.3 Å². The van der Waals surface area contributed by atoms with Crippen LogP contribution in [-0.4, -0.2) is 52.5 Å². The Labute approximate surface area is 126 Å². The molecule has 1 atom stereocenters. The number of amides is 1. The number of nitrogens with zero attached hydrogens (tertiary/aromatic N) is 1. The van der Waals surface area contributed by atoms with Gasteiger partial charge in [0.05, 0.1) is 18.7 Å². The topological polar surface area (TPSA) is 69.6 Å². The minimum absolute atomic E-state index is 0.0139. The van der Waals surface area contributed by atoms with Crippen molar-refractivity contribution < 1.29 is 19.1 Å². The molecule has 0 spiro atoms. The van der Waals surface area contributed by atoms with Gasteiger partial charge in [-0.15, -0.1) is 0 Å². The summed E-state index contributed by atoms with van der Waals surface area (Å²) in [6.07, 6.45) is 0.0139. The van der Waals surface area contributed by atoms with Gasteiger partial charge in [0.15, 0.2) is 0 Å². The minimum Gasteiger partial charge on any atom is -0.481 e. The van der Waals surface area contributed by atoms with E-state index in [4.69, 9.17) is 5.11 Å². The Balaban J connectivity index is 1.94. The summed E-state index contributed by atoms with van der Waals surface area (Å²) in [7, 11) is 0. The van der Waals surface area contributed by atoms with Gasteiger partial charge in [0.1, 0.15) is 5.82 Å². The van der Waals surface area contributed by atoms with Crippen LogP contribution in [0, 0.1) is 5.82 Å². The fourth-order valence-corrected chi connectivity index (χ4v) is 3.35. The lowest BCUT2D eigenvalue weighted by Gasteiger charge is -2.33. The Hall–Kier alpha value is -1.60. The molecule has 0 bridgehead atoms. The fourth-order valence-electron chi connectivity index (χ4n) is 2.22. The second kappa shape index (κ2) is 7.42. The molecule has 1 unspecified atom stereocenters. The summed E-state index contributed by atoms with van der Waals surface area (Å²) in [4.78, 5) is 24.7. The van der Waals surface area contributed by atoms with Gasteiger partial charge in [-0.1, -0.05) is 12.1 Å². The molecule has 2 N–H and O–H groups in total. The molecule has 114 valence electrons. The lowest BCUT2D eigenvalue weighted by atomic mass is 10.2. The van der Waals surface area contributed by atoms with Gasteiger partial charge in [-0.2, -0.15) is 11.8 Å². The molecule has 0 radical (unpaired) electrons. The second-order valence-corrected chi connectivity index (χ2v) is 5.97. The molecule has 0 saturated carbocycles. The Bertz CT molecular complexity index is 527. The monoisotopic (exact) mass is 312 g/mol. The largest absolute Gasteiger partial charge is 0.481 e. The van der Waals surface area contributed by atoms with Crippen molar-refractivity contribution in [1.82, 2.24) is 4.90 Å². The maximum absolute atomic E-state index is 13.5. The van der Waals surface area contributed by atoms with Crippen LogP contribution in [0.15, 0.2) is 24.3 Å². The predicted octanol–water partition coefficient (Wildman–Crippen LogP) is 1.66. The summed E-state index contributed by atoms with van der Waals surface area (Å²) in [5.41, 5.74) is 0.142. The first-order valence-electron chi connectivity index (χ1n) is 6.64. The van der Waals surface area contributed by atoms with E-state index >= 15 is 0 Å². The first-order valence-corrected chi connectivity index (χ1v) is 7.79. The molecule has 1 aromatic carbocycles. The van der Waals surface area contributed by atoms with Gasteiger partial charge in [0.25, 0.3) is 0 Å². The fraction of sp³-hybridized carbons (Fsp3) is 0.429. The molecule has 0 aliphatic carbocycles. The zero-order chi connectivity index (χ0) is 15.2. The highest BCUT2D eigenvalue weighted by Crippen LogP contribution is 2.19. The average Bonchev–Trinajstić information content (AvgIpc) is 2.43. The third-order valence-electron chi connectivity index (χ3n) is 3.25. The maximum atomic E-state index is 13.5. The third-order valence-corrected chi connectivity index (χ3v) is 4.35. The predicted molar refractivity (Wildman–Crippen MR) is 80.0 cm³/mol. The van der Waals surface area contributed by atoms with Crippen LogP contribution < -0.4 is 5.32 Å². The molecule has 0 aromatic heterocycles. The third kappa shape index (κ3) is 4.71. The zero-order valence-corrected chi connectivity index (χ0v) is 12.2. The van der Waals surface area contributed by atoms with Gasteiger partial charge >= 0.3 is 5.97 Å². The molecule has 1 aliphatic heterocycles. The molecule has 7 heteroatoms. The highest BCUT2D eigenvalue weighted by atomic mass is 32.2. The van der Waals surface area contributed by atoms with Crippen molar-refractivity contribution in [3.63, 3.8) is 0 Å². The summed E-state index contributed by atoms with van der Waals surface area (Å²) in [5, 5.41) is 11.4. The minimum atomic E-state index is -0.873. The van der Waals surface area contributed by atoms with Gasteiger partial charge in [0, 0.05) is 24.1 Å². The van der Waals surface area contributed by atoms with Crippen molar-refractivity contribution in [2.45, 2.75) is 12.5 Å². The number of hydrogen-bond donors (Lipinski definition) is 2. The van der Waals surface area contributed by atoms with Gasteiger partial charge in [-0.3, -0.25) is 14.5 Å². The molecule has 1 aromatic rings. The SMILES string of the molecule is O=C(O)CC1CSCCN1CC(=O)Nc1ccccc1F. The van der Waals surface area contributed by atoms with Gasteiger partial charge in [-0.05, 0) is 12.1 Å². The Morgan fingerprint density at radius 1 is 1.43 bits per heavy atom. The second-order valence-electron chi connectivity index (χ2n) is 4.83. The Kier molecular flexibility index (Phi) is 5.58. The Morgan fingerprint density at radius 3 is 2.90 bits per heavy atom.